The molecule has 3 atom stereocenters. The van der Waals surface area contributed by atoms with Gasteiger partial charge in [-0.2, -0.15) is 0 Å². The summed E-state index contributed by atoms with van der Waals surface area (Å²) in [5.41, 5.74) is 0. The maximum atomic E-state index is 8.68. The zero-order valence-corrected chi connectivity index (χ0v) is 7.01. The van der Waals surface area contributed by atoms with Crippen molar-refractivity contribution in [3.8, 4) is 0 Å². The summed E-state index contributed by atoms with van der Waals surface area (Å²) in [5, 5.41) is 8.68. The van der Waals surface area contributed by atoms with Crippen LogP contribution in [0.3, 0.4) is 0 Å². The Balaban J connectivity index is 2.14. The molecule has 0 heterocycles. The third-order valence-electron chi connectivity index (χ3n) is 2.84. The molecule has 0 saturated heterocycles. The summed E-state index contributed by atoms with van der Waals surface area (Å²) in [5.74, 6) is 2.69. The topological polar surface area (TPSA) is 20.2 Å². The molecule has 1 saturated carbocycles. The Morgan fingerprint density at radius 1 is 1.20 bits per heavy atom. The summed E-state index contributed by atoms with van der Waals surface area (Å²) in [4.78, 5) is 0. The van der Waals surface area contributed by atoms with Gasteiger partial charge < -0.3 is 5.11 Å². The third-order valence-corrected chi connectivity index (χ3v) is 2.84. The average molecular weight is 142 g/mol. The molecule has 0 amide bonds. The van der Waals surface area contributed by atoms with Crippen molar-refractivity contribution in [3.05, 3.63) is 0 Å². The van der Waals surface area contributed by atoms with Gasteiger partial charge in [0.25, 0.3) is 0 Å². The van der Waals surface area contributed by atoms with Crippen LogP contribution in [0, 0.1) is 17.8 Å². The summed E-state index contributed by atoms with van der Waals surface area (Å²) in [6.45, 7) is 4.93. The Hall–Kier alpha value is -0.0400. The Labute approximate surface area is 63.4 Å². The first-order valence-electron chi connectivity index (χ1n) is 4.42. The smallest absolute Gasteiger partial charge is 0.0433 e. The largest absolute Gasteiger partial charge is 0.396 e. The monoisotopic (exact) mass is 142 g/mol. The zero-order chi connectivity index (χ0) is 7.56. The van der Waals surface area contributed by atoms with Crippen LogP contribution in [-0.2, 0) is 0 Å². The van der Waals surface area contributed by atoms with Gasteiger partial charge in [0, 0.05) is 6.61 Å². The maximum Gasteiger partial charge on any atom is 0.0433 e. The van der Waals surface area contributed by atoms with E-state index < -0.39 is 0 Å². The van der Waals surface area contributed by atoms with E-state index in [-0.39, 0.29) is 0 Å². The fourth-order valence-electron chi connectivity index (χ4n) is 2.07. The van der Waals surface area contributed by atoms with Gasteiger partial charge in [-0.15, -0.1) is 0 Å². The highest BCUT2D eigenvalue weighted by molar-refractivity contribution is 4.92. The van der Waals surface area contributed by atoms with Crippen LogP contribution in [0.1, 0.15) is 33.1 Å². The van der Waals surface area contributed by atoms with Crippen molar-refractivity contribution in [2.75, 3.05) is 6.61 Å². The fraction of sp³-hybridized carbons (Fsp3) is 1.00. The molecule has 1 fully saturated rings. The van der Waals surface area contributed by atoms with Gasteiger partial charge in [-0.25, -0.2) is 0 Å². The van der Waals surface area contributed by atoms with E-state index in [1.807, 2.05) is 0 Å². The van der Waals surface area contributed by atoms with E-state index in [9.17, 15) is 0 Å². The molecule has 0 aromatic rings. The van der Waals surface area contributed by atoms with E-state index >= 15 is 0 Å². The quantitative estimate of drug-likeness (QED) is 0.637. The van der Waals surface area contributed by atoms with Gasteiger partial charge in [0.1, 0.15) is 0 Å². The minimum atomic E-state index is 0.384. The number of hydrogen-bond acceptors (Lipinski definition) is 1. The van der Waals surface area contributed by atoms with Gasteiger partial charge in [-0.1, -0.05) is 26.7 Å². The zero-order valence-electron chi connectivity index (χ0n) is 7.01. The standard InChI is InChI=1S/C9H18O/c1-3-4-8-7(2)9(8)5-6-10/h7-10H,3-6H2,1-2H3. The Kier molecular flexibility index (Phi) is 2.72. The van der Waals surface area contributed by atoms with Gasteiger partial charge in [-0.3, -0.25) is 0 Å². The average Bonchev–Trinajstić information content (AvgIpc) is 2.48. The molecule has 60 valence electrons. The number of rotatable bonds is 4. The first kappa shape index (κ1) is 8.06. The molecular formula is C9H18O. The van der Waals surface area contributed by atoms with E-state index in [2.05, 4.69) is 13.8 Å². The van der Waals surface area contributed by atoms with E-state index in [1.165, 1.54) is 12.8 Å². The number of hydrogen-bond donors (Lipinski definition) is 1. The molecule has 3 unspecified atom stereocenters. The summed E-state index contributed by atoms with van der Waals surface area (Å²) >= 11 is 0. The Morgan fingerprint density at radius 3 is 2.30 bits per heavy atom. The lowest BCUT2D eigenvalue weighted by Crippen LogP contribution is -1.87. The van der Waals surface area contributed by atoms with Crippen molar-refractivity contribution in [2.24, 2.45) is 17.8 Å². The first-order chi connectivity index (χ1) is 4.81. The van der Waals surface area contributed by atoms with Crippen LogP contribution in [0.2, 0.25) is 0 Å². The second-order valence-corrected chi connectivity index (χ2v) is 3.49. The van der Waals surface area contributed by atoms with Crippen LogP contribution in [-0.4, -0.2) is 11.7 Å². The highest BCUT2D eigenvalue weighted by Gasteiger charge is 2.44. The molecule has 0 aromatic carbocycles. The SMILES string of the molecule is CCCC1C(C)C1CCO. The van der Waals surface area contributed by atoms with Crippen LogP contribution < -0.4 is 0 Å². The molecule has 1 rings (SSSR count). The van der Waals surface area contributed by atoms with Gasteiger partial charge in [0.15, 0.2) is 0 Å². The predicted octanol–water partition coefficient (Wildman–Crippen LogP) is 2.05. The molecule has 1 nitrogen and oxygen atoms in total. The second kappa shape index (κ2) is 3.38. The molecule has 0 spiro atoms. The van der Waals surface area contributed by atoms with Crippen LogP contribution >= 0.6 is 0 Å². The van der Waals surface area contributed by atoms with Gasteiger partial charge in [-0.05, 0) is 24.2 Å². The number of aliphatic hydroxyl groups excluding tert-OH is 1. The molecule has 0 aliphatic heterocycles. The molecule has 1 aliphatic carbocycles. The Bertz CT molecular complexity index is 88.9. The summed E-state index contributed by atoms with van der Waals surface area (Å²) in [7, 11) is 0. The van der Waals surface area contributed by atoms with Crippen molar-refractivity contribution in [1.29, 1.82) is 0 Å². The normalized spacial score (nSPS) is 38.1. The molecule has 0 aromatic heterocycles. The number of aliphatic hydroxyl groups is 1. The molecule has 1 heteroatoms. The minimum absolute atomic E-state index is 0.384. The Morgan fingerprint density at radius 2 is 1.80 bits per heavy atom. The summed E-state index contributed by atoms with van der Waals surface area (Å²) in [6.07, 6.45) is 3.70. The summed E-state index contributed by atoms with van der Waals surface area (Å²) in [6, 6.07) is 0. The van der Waals surface area contributed by atoms with E-state index in [0.717, 1.165) is 24.2 Å². The van der Waals surface area contributed by atoms with Gasteiger partial charge in [0.05, 0.1) is 0 Å². The second-order valence-electron chi connectivity index (χ2n) is 3.49. The lowest BCUT2D eigenvalue weighted by atomic mass is 10.2. The molecule has 0 radical (unpaired) electrons. The van der Waals surface area contributed by atoms with Crippen molar-refractivity contribution >= 4 is 0 Å². The molecular weight excluding hydrogens is 124 g/mol. The van der Waals surface area contributed by atoms with E-state index in [0.29, 0.717) is 6.61 Å². The highest BCUT2D eigenvalue weighted by atomic mass is 16.3. The van der Waals surface area contributed by atoms with Crippen LogP contribution in [0.25, 0.3) is 0 Å². The summed E-state index contributed by atoms with van der Waals surface area (Å²) < 4.78 is 0. The molecule has 0 bridgehead atoms. The van der Waals surface area contributed by atoms with Crippen molar-refractivity contribution in [1.82, 2.24) is 0 Å². The highest BCUT2D eigenvalue weighted by Crippen LogP contribution is 2.50. The van der Waals surface area contributed by atoms with E-state index in [4.69, 9.17) is 5.11 Å². The van der Waals surface area contributed by atoms with Crippen LogP contribution in [0.15, 0.2) is 0 Å². The van der Waals surface area contributed by atoms with Gasteiger partial charge in [0.2, 0.25) is 0 Å². The minimum Gasteiger partial charge on any atom is -0.396 e. The molecule has 1 aliphatic rings. The third kappa shape index (κ3) is 1.51. The molecule has 10 heavy (non-hydrogen) atoms. The van der Waals surface area contributed by atoms with Gasteiger partial charge >= 0.3 is 0 Å². The van der Waals surface area contributed by atoms with E-state index in [1.54, 1.807) is 0 Å². The van der Waals surface area contributed by atoms with Crippen LogP contribution in [0.4, 0.5) is 0 Å². The lowest BCUT2D eigenvalue weighted by Gasteiger charge is -1.92. The first-order valence-corrected chi connectivity index (χ1v) is 4.42. The van der Waals surface area contributed by atoms with Crippen LogP contribution in [0.5, 0.6) is 0 Å². The van der Waals surface area contributed by atoms with Crippen molar-refractivity contribution in [3.63, 3.8) is 0 Å². The molecule has 1 N–H and O–H groups in total. The predicted molar refractivity (Wildman–Crippen MR) is 42.8 cm³/mol. The van der Waals surface area contributed by atoms with Crippen molar-refractivity contribution < 1.29 is 5.11 Å². The lowest BCUT2D eigenvalue weighted by molar-refractivity contribution is 0.274. The van der Waals surface area contributed by atoms with Crippen molar-refractivity contribution in [2.45, 2.75) is 33.1 Å². The fourth-order valence-corrected chi connectivity index (χ4v) is 2.07. The maximum absolute atomic E-state index is 8.68.